The number of carboxylic acids is 1. The van der Waals surface area contributed by atoms with Crippen LogP contribution in [0.15, 0.2) is 18.2 Å². The van der Waals surface area contributed by atoms with Gasteiger partial charge in [-0.3, -0.25) is 9.59 Å². The molecule has 1 N–H and O–H groups in total. The van der Waals surface area contributed by atoms with Crippen molar-refractivity contribution in [2.45, 2.75) is 45.6 Å². The number of piperidine rings is 2. The zero-order valence-corrected chi connectivity index (χ0v) is 15.7. The number of aliphatic carboxylic acids is 1. The Bertz CT molecular complexity index is 771. The summed E-state index contributed by atoms with van der Waals surface area (Å²) in [5, 5.41) is 9.24. The second kappa shape index (κ2) is 7.29. The van der Waals surface area contributed by atoms with Crippen LogP contribution in [-0.2, 0) is 9.59 Å². The fourth-order valence-corrected chi connectivity index (χ4v) is 4.09. The Morgan fingerprint density at radius 3 is 2.48 bits per heavy atom. The van der Waals surface area contributed by atoms with Crippen molar-refractivity contribution in [2.75, 3.05) is 19.6 Å². The smallest absolute Gasteiger partial charge is 0.326 e. The maximum Gasteiger partial charge on any atom is 0.326 e. The molecular formula is C20H25FN2O4. The predicted octanol–water partition coefficient (Wildman–Crippen LogP) is 2.45. The molecule has 1 aromatic rings. The van der Waals surface area contributed by atoms with Gasteiger partial charge in [-0.25, -0.2) is 9.18 Å². The van der Waals surface area contributed by atoms with E-state index in [1.54, 1.807) is 17.9 Å². The van der Waals surface area contributed by atoms with Crippen LogP contribution >= 0.6 is 0 Å². The summed E-state index contributed by atoms with van der Waals surface area (Å²) in [6.07, 6.45) is 2.40. The maximum atomic E-state index is 14.1. The first-order valence-corrected chi connectivity index (χ1v) is 9.30. The molecule has 0 bridgehead atoms. The van der Waals surface area contributed by atoms with Crippen molar-refractivity contribution in [1.29, 1.82) is 0 Å². The molecule has 2 fully saturated rings. The number of amides is 2. The van der Waals surface area contributed by atoms with E-state index in [1.807, 2.05) is 0 Å². The molecule has 0 saturated carbocycles. The molecule has 2 amide bonds. The first-order valence-electron chi connectivity index (χ1n) is 9.30. The van der Waals surface area contributed by atoms with Crippen LogP contribution in [0.3, 0.4) is 0 Å². The van der Waals surface area contributed by atoms with Crippen LogP contribution in [0.4, 0.5) is 4.39 Å². The van der Waals surface area contributed by atoms with Crippen molar-refractivity contribution in [3.63, 3.8) is 0 Å². The Labute approximate surface area is 157 Å². The molecule has 2 saturated heterocycles. The van der Waals surface area contributed by atoms with Gasteiger partial charge in [0.2, 0.25) is 5.91 Å². The standard InChI is InChI=1S/C20H25FN2O4/c1-13-3-4-15(16(21)11-13)18(25)22-9-7-20(8-10-22)6-5-17(24)23(12-20)14(2)19(26)27/h3-4,11,14H,5-10,12H2,1-2H3,(H,26,27). The van der Waals surface area contributed by atoms with Gasteiger partial charge in [0.25, 0.3) is 5.91 Å². The molecular weight excluding hydrogens is 351 g/mol. The third-order valence-corrected chi connectivity index (χ3v) is 5.99. The van der Waals surface area contributed by atoms with E-state index in [4.69, 9.17) is 0 Å². The Kier molecular flexibility index (Phi) is 5.22. The van der Waals surface area contributed by atoms with Crippen molar-refractivity contribution < 1.29 is 23.9 Å². The summed E-state index contributed by atoms with van der Waals surface area (Å²) >= 11 is 0. The minimum Gasteiger partial charge on any atom is -0.480 e. The largest absolute Gasteiger partial charge is 0.480 e. The van der Waals surface area contributed by atoms with E-state index >= 15 is 0 Å². The topological polar surface area (TPSA) is 77.9 Å². The lowest BCUT2D eigenvalue weighted by molar-refractivity contribution is -0.154. The highest BCUT2D eigenvalue weighted by Gasteiger charge is 2.44. The van der Waals surface area contributed by atoms with Gasteiger partial charge in [-0.15, -0.1) is 0 Å². The number of benzene rings is 1. The van der Waals surface area contributed by atoms with E-state index in [9.17, 15) is 23.9 Å². The SMILES string of the molecule is Cc1ccc(C(=O)N2CCC3(CCC(=O)N(C(C)C(=O)O)C3)CC2)c(F)c1. The molecule has 3 rings (SSSR count). The van der Waals surface area contributed by atoms with Gasteiger partial charge < -0.3 is 14.9 Å². The van der Waals surface area contributed by atoms with Crippen LogP contribution in [0, 0.1) is 18.2 Å². The Morgan fingerprint density at radius 2 is 1.89 bits per heavy atom. The van der Waals surface area contributed by atoms with Gasteiger partial charge in [-0.1, -0.05) is 6.07 Å². The van der Waals surface area contributed by atoms with Crippen LogP contribution in [0.1, 0.15) is 48.5 Å². The van der Waals surface area contributed by atoms with E-state index in [0.717, 1.165) is 5.56 Å². The fraction of sp³-hybridized carbons (Fsp3) is 0.550. The molecule has 7 heteroatoms. The van der Waals surface area contributed by atoms with Crippen molar-refractivity contribution >= 4 is 17.8 Å². The van der Waals surface area contributed by atoms with Gasteiger partial charge in [0.15, 0.2) is 0 Å². The number of hydrogen-bond donors (Lipinski definition) is 1. The van der Waals surface area contributed by atoms with Gasteiger partial charge in [0.05, 0.1) is 5.56 Å². The minimum atomic E-state index is -1.01. The van der Waals surface area contributed by atoms with Crippen molar-refractivity contribution in [3.8, 4) is 0 Å². The Morgan fingerprint density at radius 1 is 1.22 bits per heavy atom. The summed E-state index contributed by atoms with van der Waals surface area (Å²) in [7, 11) is 0. The summed E-state index contributed by atoms with van der Waals surface area (Å²) in [6.45, 7) is 4.67. The monoisotopic (exact) mass is 376 g/mol. The molecule has 0 radical (unpaired) electrons. The summed E-state index contributed by atoms with van der Waals surface area (Å²) < 4.78 is 14.1. The zero-order chi connectivity index (χ0) is 19.8. The second-order valence-electron chi connectivity index (χ2n) is 7.81. The molecule has 0 aliphatic carbocycles. The van der Waals surface area contributed by atoms with E-state index < -0.39 is 17.8 Å². The van der Waals surface area contributed by atoms with Crippen LogP contribution in [0.5, 0.6) is 0 Å². The van der Waals surface area contributed by atoms with Gasteiger partial charge in [-0.2, -0.15) is 0 Å². The third kappa shape index (κ3) is 3.82. The molecule has 1 atom stereocenters. The summed E-state index contributed by atoms with van der Waals surface area (Å²) in [5.41, 5.74) is 0.679. The quantitative estimate of drug-likeness (QED) is 0.879. The number of carboxylic acid groups (broad SMARTS) is 1. The van der Waals surface area contributed by atoms with Gasteiger partial charge >= 0.3 is 5.97 Å². The third-order valence-electron chi connectivity index (χ3n) is 5.99. The van der Waals surface area contributed by atoms with Gasteiger partial charge in [-0.05, 0) is 56.2 Å². The zero-order valence-electron chi connectivity index (χ0n) is 15.7. The molecule has 0 aromatic heterocycles. The molecule has 1 spiro atoms. The molecule has 2 heterocycles. The lowest BCUT2D eigenvalue weighted by atomic mass is 9.72. The van der Waals surface area contributed by atoms with E-state index in [-0.39, 0.29) is 22.8 Å². The van der Waals surface area contributed by atoms with E-state index in [1.165, 1.54) is 24.0 Å². The number of aryl methyl sites for hydroxylation is 1. The fourth-order valence-electron chi connectivity index (χ4n) is 4.09. The lowest BCUT2D eigenvalue weighted by Gasteiger charge is -2.48. The van der Waals surface area contributed by atoms with Crippen LogP contribution in [0.25, 0.3) is 0 Å². The molecule has 6 nitrogen and oxygen atoms in total. The number of likely N-dealkylation sites (tertiary alicyclic amines) is 2. The van der Waals surface area contributed by atoms with Gasteiger partial charge in [0.1, 0.15) is 11.9 Å². The molecule has 1 aromatic carbocycles. The highest BCUT2D eigenvalue weighted by Crippen LogP contribution is 2.41. The molecule has 1 unspecified atom stereocenters. The second-order valence-corrected chi connectivity index (χ2v) is 7.81. The van der Waals surface area contributed by atoms with Crippen molar-refractivity contribution in [2.24, 2.45) is 5.41 Å². The average Bonchev–Trinajstić information content (AvgIpc) is 2.63. The van der Waals surface area contributed by atoms with Crippen LogP contribution < -0.4 is 0 Å². The van der Waals surface area contributed by atoms with Crippen molar-refractivity contribution in [1.82, 2.24) is 9.80 Å². The number of nitrogens with zero attached hydrogens (tertiary/aromatic N) is 2. The summed E-state index contributed by atoms with van der Waals surface area (Å²) in [4.78, 5) is 39.2. The highest BCUT2D eigenvalue weighted by atomic mass is 19.1. The molecule has 27 heavy (non-hydrogen) atoms. The van der Waals surface area contributed by atoms with E-state index in [2.05, 4.69) is 0 Å². The minimum absolute atomic E-state index is 0.0801. The summed E-state index contributed by atoms with van der Waals surface area (Å²) in [6, 6.07) is 3.75. The first kappa shape index (κ1) is 19.3. The van der Waals surface area contributed by atoms with Crippen LogP contribution in [-0.4, -0.2) is 58.4 Å². The maximum absolute atomic E-state index is 14.1. The van der Waals surface area contributed by atoms with Crippen molar-refractivity contribution in [3.05, 3.63) is 35.1 Å². The van der Waals surface area contributed by atoms with E-state index in [0.29, 0.717) is 45.3 Å². The number of carbonyl (C=O) groups is 3. The number of hydrogen-bond acceptors (Lipinski definition) is 3. The highest BCUT2D eigenvalue weighted by molar-refractivity contribution is 5.94. The number of halogens is 1. The first-order chi connectivity index (χ1) is 12.7. The predicted molar refractivity (Wildman–Crippen MR) is 96.8 cm³/mol. The summed E-state index contributed by atoms with van der Waals surface area (Å²) in [5.74, 6) is -1.96. The Balaban J connectivity index is 1.68. The number of rotatable bonds is 3. The Hall–Kier alpha value is -2.44. The lowest BCUT2D eigenvalue weighted by Crippen LogP contribution is -2.55. The van der Waals surface area contributed by atoms with Gasteiger partial charge in [0, 0.05) is 26.1 Å². The molecule has 2 aliphatic rings. The molecule has 2 aliphatic heterocycles. The number of carbonyl (C=O) groups excluding carboxylic acids is 2. The molecule has 146 valence electrons. The normalized spacial score (nSPS) is 20.6. The average molecular weight is 376 g/mol. The van der Waals surface area contributed by atoms with Crippen LogP contribution in [0.2, 0.25) is 0 Å².